The van der Waals surface area contributed by atoms with Gasteiger partial charge >= 0.3 is 0 Å². The standard InChI is InChI=1S/C19H18ClN3O6S/c1-27-7-6-22-14-9-15(28-2)16(29-3)10-17(14)30-19(22)21-18(24)12-8-11(23(25)26)4-5-13(12)20/h4-5,8-10H,6-7H2,1-3H3. The molecular weight excluding hydrogens is 434 g/mol. The van der Waals surface area contributed by atoms with Crippen molar-refractivity contribution in [2.24, 2.45) is 4.99 Å². The van der Waals surface area contributed by atoms with Gasteiger partial charge in [-0.15, -0.1) is 0 Å². The number of nitro benzene ring substituents is 1. The number of nitro groups is 1. The Morgan fingerprint density at radius 3 is 2.53 bits per heavy atom. The summed E-state index contributed by atoms with van der Waals surface area (Å²) < 4.78 is 18.5. The van der Waals surface area contributed by atoms with E-state index in [0.717, 1.165) is 16.3 Å². The van der Waals surface area contributed by atoms with Crippen LogP contribution in [-0.4, -0.2) is 43.3 Å². The van der Waals surface area contributed by atoms with Crippen LogP contribution in [0.25, 0.3) is 10.2 Å². The number of carbonyl (C=O) groups excluding carboxylic acids is 1. The lowest BCUT2D eigenvalue weighted by Gasteiger charge is -2.09. The van der Waals surface area contributed by atoms with Gasteiger partial charge in [0.15, 0.2) is 16.3 Å². The number of hydrogen-bond acceptors (Lipinski definition) is 7. The molecule has 0 saturated heterocycles. The molecule has 3 aromatic rings. The van der Waals surface area contributed by atoms with Gasteiger partial charge in [-0.05, 0) is 6.07 Å². The van der Waals surface area contributed by atoms with E-state index in [2.05, 4.69) is 4.99 Å². The molecule has 11 heteroatoms. The number of ether oxygens (including phenoxy) is 3. The van der Waals surface area contributed by atoms with Gasteiger partial charge in [-0.3, -0.25) is 14.9 Å². The van der Waals surface area contributed by atoms with Crippen molar-refractivity contribution in [2.45, 2.75) is 6.54 Å². The van der Waals surface area contributed by atoms with E-state index in [1.165, 1.54) is 37.7 Å². The molecule has 0 aliphatic heterocycles. The Morgan fingerprint density at radius 1 is 1.20 bits per heavy atom. The number of nitrogens with zero attached hydrogens (tertiary/aromatic N) is 3. The van der Waals surface area contributed by atoms with Crippen molar-refractivity contribution in [3.63, 3.8) is 0 Å². The molecule has 3 rings (SSSR count). The second kappa shape index (κ2) is 9.24. The SMILES string of the molecule is COCCn1c(=NC(=O)c2cc([N+](=O)[O-])ccc2Cl)sc2cc(OC)c(OC)cc21. The van der Waals surface area contributed by atoms with Gasteiger partial charge < -0.3 is 18.8 Å². The number of benzene rings is 2. The lowest BCUT2D eigenvalue weighted by molar-refractivity contribution is -0.384. The zero-order valence-corrected chi connectivity index (χ0v) is 18.0. The zero-order chi connectivity index (χ0) is 21.8. The number of amides is 1. The molecule has 1 aromatic heterocycles. The predicted octanol–water partition coefficient (Wildman–Crippen LogP) is 3.67. The first-order chi connectivity index (χ1) is 14.4. The predicted molar refractivity (Wildman–Crippen MR) is 113 cm³/mol. The van der Waals surface area contributed by atoms with Gasteiger partial charge in [-0.25, -0.2) is 0 Å². The van der Waals surface area contributed by atoms with Gasteiger partial charge in [0.25, 0.3) is 11.6 Å². The molecule has 9 nitrogen and oxygen atoms in total. The van der Waals surface area contributed by atoms with E-state index in [4.69, 9.17) is 25.8 Å². The Kier molecular flexibility index (Phi) is 6.70. The highest BCUT2D eigenvalue weighted by molar-refractivity contribution is 7.16. The van der Waals surface area contributed by atoms with Gasteiger partial charge in [0, 0.05) is 37.9 Å². The first kappa shape index (κ1) is 21.8. The van der Waals surface area contributed by atoms with Crippen LogP contribution in [-0.2, 0) is 11.3 Å². The molecule has 0 spiro atoms. The average molecular weight is 452 g/mol. The van der Waals surface area contributed by atoms with E-state index >= 15 is 0 Å². The Balaban J connectivity index is 2.18. The van der Waals surface area contributed by atoms with E-state index in [1.54, 1.807) is 19.2 Å². The van der Waals surface area contributed by atoms with Crippen molar-refractivity contribution >= 4 is 44.7 Å². The molecule has 0 aliphatic carbocycles. The average Bonchev–Trinajstić information content (AvgIpc) is 3.06. The van der Waals surface area contributed by atoms with E-state index < -0.39 is 10.8 Å². The minimum absolute atomic E-state index is 0.0447. The second-order valence-corrected chi connectivity index (χ2v) is 7.46. The normalized spacial score (nSPS) is 11.7. The first-order valence-electron chi connectivity index (χ1n) is 8.67. The second-order valence-electron chi connectivity index (χ2n) is 6.04. The van der Waals surface area contributed by atoms with Crippen LogP contribution in [0.1, 0.15) is 10.4 Å². The van der Waals surface area contributed by atoms with E-state index in [9.17, 15) is 14.9 Å². The molecule has 0 N–H and O–H groups in total. The Bertz CT molecular complexity index is 1190. The smallest absolute Gasteiger partial charge is 0.281 e. The molecule has 0 aliphatic rings. The van der Waals surface area contributed by atoms with Crippen LogP contribution in [0.2, 0.25) is 5.02 Å². The highest BCUT2D eigenvalue weighted by Gasteiger charge is 2.17. The maximum absolute atomic E-state index is 12.8. The van der Waals surface area contributed by atoms with Crippen LogP contribution in [0.4, 0.5) is 5.69 Å². The minimum Gasteiger partial charge on any atom is -0.493 e. The number of rotatable bonds is 7. The molecule has 0 unspecified atom stereocenters. The molecule has 1 amide bonds. The topological polar surface area (TPSA) is 105 Å². The molecule has 0 atom stereocenters. The molecule has 0 saturated carbocycles. The summed E-state index contributed by atoms with van der Waals surface area (Å²) in [4.78, 5) is 27.8. The van der Waals surface area contributed by atoms with Crippen LogP contribution in [0.15, 0.2) is 35.3 Å². The molecule has 1 heterocycles. The number of hydrogen-bond donors (Lipinski definition) is 0. The van der Waals surface area contributed by atoms with Crippen molar-refractivity contribution in [3.8, 4) is 11.5 Å². The Labute approximate surface area is 180 Å². The van der Waals surface area contributed by atoms with Gasteiger partial charge in [0.1, 0.15) is 0 Å². The third-order valence-corrected chi connectivity index (χ3v) is 5.67. The van der Waals surface area contributed by atoms with Crippen molar-refractivity contribution in [2.75, 3.05) is 27.9 Å². The molecule has 2 aromatic carbocycles. The monoisotopic (exact) mass is 451 g/mol. The van der Waals surface area contributed by atoms with E-state index in [1.807, 2.05) is 4.57 Å². The summed E-state index contributed by atoms with van der Waals surface area (Å²) in [6.07, 6.45) is 0. The third-order valence-electron chi connectivity index (χ3n) is 4.30. The summed E-state index contributed by atoms with van der Waals surface area (Å²) >= 11 is 7.35. The largest absolute Gasteiger partial charge is 0.493 e. The molecule has 0 radical (unpaired) electrons. The van der Waals surface area contributed by atoms with Gasteiger partial charge in [0.2, 0.25) is 0 Å². The van der Waals surface area contributed by atoms with Crippen molar-refractivity contribution in [1.82, 2.24) is 4.57 Å². The van der Waals surface area contributed by atoms with Crippen molar-refractivity contribution < 1.29 is 23.9 Å². The maximum atomic E-state index is 12.8. The number of fused-ring (bicyclic) bond motifs is 1. The molecule has 158 valence electrons. The third kappa shape index (κ3) is 4.30. The minimum atomic E-state index is -0.680. The number of non-ortho nitro benzene ring substituents is 1. The first-order valence-corrected chi connectivity index (χ1v) is 9.86. The van der Waals surface area contributed by atoms with Crippen LogP contribution < -0.4 is 14.3 Å². The summed E-state index contributed by atoms with van der Waals surface area (Å²) in [6, 6.07) is 7.25. The molecular formula is C19H18ClN3O6S. The molecule has 30 heavy (non-hydrogen) atoms. The number of carbonyl (C=O) groups is 1. The summed E-state index contributed by atoms with van der Waals surface area (Å²) in [6.45, 7) is 0.819. The summed E-state index contributed by atoms with van der Waals surface area (Å²) in [5.74, 6) is 0.402. The number of aromatic nitrogens is 1. The quantitative estimate of drug-likeness (QED) is 0.401. The molecule has 0 bridgehead atoms. The van der Waals surface area contributed by atoms with Crippen molar-refractivity contribution in [1.29, 1.82) is 0 Å². The summed E-state index contributed by atoms with van der Waals surface area (Å²) in [5.41, 5.74) is 0.499. The molecule has 0 fully saturated rings. The summed E-state index contributed by atoms with van der Waals surface area (Å²) in [7, 11) is 4.65. The number of methoxy groups -OCH3 is 3. The van der Waals surface area contributed by atoms with Crippen LogP contribution in [0.3, 0.4) is 0 Å². The van der Waals surface area contributed by atoms with Crippen LogP contribution >= 0.6 is 22.9 Å². The lowest BCUT2D eigenvalue weighted by atomic mass is 10.2. The Hall–Kier alpha value is -2.95. The maximum Gasteiger partial charge on any atom is 0.281 e. The highest BCUT2D eigenvalue weighted by Crippen LogP contribution is 2.33. The van der Waals surface area contributed by atoms with E-state index in [-0.39, 0.29) is 16.3 Å². The van der Waals surface area contributed by atoms with Gasteiger partial charge in [0.05, 0.1) is 46.6 Å². The lowest BCUT2D eigenvalue weighted by Crippen LogP contribution is -2.19. The fraction of sp³-hybridized carbons (Fsp3) is 0.263. The van der Waals surface area contributed by atoms with Crippen LogP contribution in [0.5, 0.6) is 11.5 Å². The summed E-state index contributed by atoms with van der Waals surface area (Å²) in [5, 5.41) is 11.1. The van der Waals surface area contributed by atoms with Crippen molar-refractivity contribution in [3.05, 3.63) is 55.8 Å². The Morgan fingerprint density at radius 2 is 1.90 bits per heavy atom. The number of thiazole rings is 1. The van der Waals surface area contributed by atoms with Crippen LogP contribution in [0, 0.1) is 10.1 Å². The fourth-order valence-corrected chi connectivity index (χ4v) is 4.08. The highest BCUT2D eigenvalue weighted by atomic mass is 35.5. The number of halogens is 1. The van der Waals surface area contributed by atoms with Gasteiger partial charge in [-0.1, -0.05) is 22.9 Å². The van der Waals surface area contributed by atoms with E-state index in [0.29, 0.717) is 29.5 Å². The van der Waals surface area contributed by atoms with Gasteiger partial charge in [-0.2, -0.15) is 4.99 Å². The zero-order valence-electron chi connectivity index (χ0n) is 16.4. The fourth-order valence-electron chi connectivity index (χ4n) is 2.82.